The van der Waals surface area contributed by atoms with E-state index in [0.717, 1.165) is 0 Å². The molecule has 0 spiro atoms. The molecule has 1 aromatic carbocycles. The van der Waals surface area contributed by atoms with E-state index in [9.17, 15) is 18.0 Å². The molecule has 0 fully saturated rings. The summed E-state index contributed by atoms with van der Waals surface area (Å²) in [5.74, 6) is -0.772. The van der Waals surface area contributed by atoms with Gasteiger partial charge in [0, 0.05) is 28.5 Å². The lowest BCUT2D eigenvalue weighted by atomic mass is 10.1. The summed E-state index contributed by atoms with van der Waals surface area (Å²) in [5, 5.41) is 0.381. The molecule has 0 aliphatic rings. The second kappa shape index (κ2) is 7.74. The molecule has 0 unspecified atom stereocenters. The van der Waals surface area contributed by atoms with Gasteiger partial charge in [-0.15, -0.1) is 0 Å². The first kappa shape index (κ1) is 20.4. The number of hydrogen-bond donors (Lipinski definition) is 0. The molecular formula is C19H21ClF3NO2. The highest BCUT2D eigenvalue weighted by molar-refractivity contribution is 6.30. The minimum atomic E-state index is -4.72. The Balaban J connectivity index is 2.37. The minimum absolute atomic E-state index is 0.0136. The molecule has 7 heteroatoms. The number of aromatic nitrogens is 1. The van der Waals surface area contributed by atoms with Crippen molar-refractivity contribution < 1.29 is 22.7 Å². The van der Waals surface area contributed by atoms with Crippen LogP contribution in [0.3, 0.4) is 0 Å². The molecule has 0 aliphatic heterocycles. The van der Waals surface area contributed by atoms with Gasteiger partial charge in [-0.1, -0.05) is 25.4 Å². The average molecular weight is 388 g/mol. The monoisotopic (exact) mass is 387 g/mol. The Morgan fingerprint density at radius 1 is 1.19 bits per heavy atom. The molecule has 26 heavy (non-hydrogen) atoms. The number of carbonyl (C=O) groups excluding carboxylic acids is 1. The van der Waals surface area contributed by atoms with E-state index < -0.39 is 18.2 Å². The van der Waals surface area contributed by atoms with Crippen LogP contribution in [0.15, 0.2) is 30.3 Å². The van der Waals surface area contributed by atoms with Crippen molar-refractivity contribution in [2.24, 2.45) is 5.92 Å². The Labute approximate surface area is 155 Å². The number of alkyl halides is 3. The van der Waals surface area contributed by atoms with Gasteiger partial charge in [0.1, 0.15) is 0 Å². The maximum absolute atomic E-state index is 13.6. The zero-order valence-electron chi connectivity index (χ0n) is 15.0. The summed E-state index contributed by atoms with van der Waals surface area (Å²) in [4.78, 5) is 12.2. The van der Waals surface area contributed by atoms with Crippen LogP contribution in [0.1, 0.15) is 47.3 Å². The van der Waals surface area contributed by atoms with Gasteiger partial charge in [0.25, 0.3) is 0 Å². The zero-order valence-corrected chi connectivity index (χ0v) is 15.8. The number of carbonyl (C=O) groups is 1. The molecular weight excluding hydrogens is 367 g/mol. The van der Waals surface area contributed by atoms with Crippen molar-refractivity contribution >= 4 is 17.6 Å². The number of halogens is 4. The van der Waals surface area contributed by atoms with E-state index in [0.29, 0.717) is 23.0 Å². The highest BCUT2D eigenvalue weighted by atomic mass is 35.5. The summed E-state index contributed by atoms with van der Waals surface area (Å²) in [7, 11) is 0. The number of nitrogens with zero attached hydrogens (tertiary/aromatic N) is 1. The van der Waals surface area contributed by atoms with E-state index >= 15 is 0 Å². The third-order valence-electron chi connectivity index (χ3n) is 4.05. The van der Waals surface area contributed by atoms with Crippen molar-refractivity contribution in [3.63, 3.8) is 0 Å². The second-order valence-electron chi connectivity index (χ2n) is 6.66. The molecule has 2 aromatic rings. The van der Waals surface area contributed by atoms with Crippen molar-refractivity contribution in [3.8, 4) is 0 Å². The zero-order chi connectivity index (χ0) is 19.6. The Hall–Kier alpha value is -1.95. The van der Waals surface area contributed by atoms with E-state index in [1.807, 2.05) is 18.4 Å². The van der Waals surface area contributed by atoms with Crippen LogP contribution in [0.5, 0.6) is 0 Å². The van der Waals surface area contributed by atoms with Crippen LogP contribution in [-0.4, -0.2) is 16.7 Å². The average Bonchev–Trinajstić information content (AvgIpc) is 2.79. The van der Waals surface area contributed by atoms with Gasteiger partial charge in [0.2, 0.25) is 6.10 Å². The molecule has 0 aliphatic carbocycles. The van der Waals surface area contributed by atoms with E-state index in [1.54, 1.807) is 13.8 Å². The van der Waals surface area contributed by atoms with E-state index in [-0.39, 0.29) is 17.0 Å². The SMILES string of the molecule is Cc1cc([C@H](OC(=O)c2ccc(Cl)cc2)C(F)(F)F)c(C)n1CC(C)C. The normalized spacial score (nSPS) is 13.1. The van der Waals surface area contributed by atoms with Gasteiger partial charge in [-0.2, -0.15) is 13.2 Å². The predicted molar refractivity (Wildman–Crippen MR) is 94.4 cm³/mol. The van der Waals surface area contributed by atoms with Crippen molar-refractivity contribution in [3.05, 3.63) is 57.9 Å². The van der Waals surface area contributed by atoms with E-state index in [1.165, 1.54) is 30.3 Å². The van der Waals surface area contributed by atoms with Crippen LogP contribution in [-0.2, 0) is 11.3 Å². The number of ether oxygens (including phenoxy) is 1. The molecule has 0 saturated carbocycles. The van der Waals surface area contributed by atoms with Gasteiger partial charge in [0.05, 0.1) is 5.56 Å². The Morgan fingerprint density at radius 2 is 1.77 bits per heavy atom. The Morgan fingerprint density at radius 3 is 2.27 bits per heavy atom. The third-order valence-corrected chi connectivity index (χ3v) is 4.30. The molecule has 0 saturated heterocycles. The fourth-order valence-corrected chi connectivity index (χ4v) is 2.93. The van der Waals surface area contributed by atoms with E-state index in [2.05, 4.69) is 0 Å². The smallest absolute Gasteiger partial charge is 0.429 e. The van der Waals surface area contributed by atoms with Crippen LogP contribution >= 0.6 is 11.6 Å². The molecule has 0 amide bonds. The molecule has 142 valence electrons. The van der Waals surface area contributed by atoms with Crippen molar-refractivity contribution in [1.82, 2.24) is 4.57 Å². The minimum Gasteiger partial charge on any atom is -0.444 e. The first-order valence-electron chi connectivity index (χ1n) is 8.20. The summed E-state index contributed by atoms with van der Waals surface area (Å²) in [5.41, 5.74) is 1.11. The van der Waals surface area contributed by atoms with Crippen LogP contribution in [0, 0.1) is 19.8 Å². The Bertz CT molecular complexity index is 779. The van der Waals surface area contributed by atoms with Crippen molar-refractivity contribution in [1.29, 1.82) is 0 Å². The quantitative estimate of drug-likeness (QED) is 0.600. The number of benzene rings is 1. The van der Waals surface area contributed by atoms with Gasteiger partial charge < -0.3 is 9.30 Å². The molecule has 2 rings (SSSR count). The topological polar surface area (TPSA) is 31.2 Å². The highest BCUT2D eigenvalue weighted by Crippen LogP contribution is 2.39. The van der Waals surface area contributed by atoms with Gasteiger partial charge in [-0.3, -0.25) is 0 Å². The summed E-state index contributed by atoms with van der Waals surface area (Å²) in [6.07, 6.45) is -7.04. The molecule has 0 bridgehead atoms. The maximum atomic E-state index is 13.6. The standard InChI is InChI=1S/C19H21ClF3NO2/c1-11(2)10-24-12(3)9-16(13(24)4)17(19(21,22)23)26-18(25)14-5-7-15(20)8-6-14/h5-9,11,17H,10H2,1-4H3/t17-/m0/s1. The maximum Gasteiger partial charge on any atom is 0.429 e. The number of esters is 1. The summed E-state index contributed by atoms with van der Waals surface area (Å²) in [6, 6.07) is 6.95. The van der Waals surface area contributed by atoms with Gasteiger partial charge in [0.15, 0.2) is 0 Å². The molecule has 1 aromatic heterocycles. The molecule has 0 N–H and O–H groups in total. The first-order valence-corrected chi connectivity index (χ1v) is 8.58. The van der Waals surface area contributed by atoms with Crippen LogP contribution in [0.4, 0.5) is 13.2 Å². The molecule has 3 nitrogen and oxygen atoms in total. The molecule has 1 atom stereocenters. The van der Waals surface area contributed by atoms with Crippen LogP contribution in [0.25, 0.3) is 0 Å². The van der Waals surface area contributed by atoms with Crippen LogP contribution in [0.2, 0.25) is 5.02 Å². The largest absolute Gasteiger partial charge is 0.444 e. The number of aryl methyl sites for hydroxylation is 1. The highest BCUT2D eigenvalue weighted by Gasteiger charge is 2.45. The van der Waals surface area contributed by atoms with Crippen molar-refractivity contribution in [2.45, 2.75) is 46.5 Å². The van der Waals surface area contributed by atoms with Gasteiger partial charge in [-0.25, -0.2) is 4.79 Å². The third kappa shape index (κ3) is 4.61. The summed E-state index contributed by atoms with van der Waals surface area (Å²) >= 11 is 5.74. The fourth-order valence-electron chi connectivity index (χ4n) is 2.81. The number of rotatable bonds is 5. The summed E-state index contributed by atoms with van der Waals surface area (Å²) < 4.78 is 47.5. The molecule has 0 radical (unpaired) electrons. The predicted octanol–water partition coefficient (Wildman–Crippen LogP) is 5.87. The Kier molecular flexibility index (Phi) is 6.06. The second-order valence-corrected chi connectivity index (χ2v) is 7.10. The lowest BCUT2D eigenvalue weighted by Gasteiger charge is -2.21. The number of hydrogen-bond acceptors (Lipinski definition) is 2. The fraction of sp³-hybridized carbons (Fsp3) is 0.421. The van der Waals surface area contributed by atoms with Crippen molar-refractivity contribution in [2.75, 3.05) is 0 Å². The van der Waals surface area contributed by atoms with Gasteiger partial charge in [-0.05, 0) is 50.1 Å². The van der Waals surface area contributed by atoms with Gasteiger partial charge >= 0.3 is 12.1 Å². The first-order chi connectivity index (χ1) is 12.0. The van der Waals surface area contributed by atoms with Crippen LogP contribution < -0.4 is 0 Å². The lowest BCUT2D eigenvalue weighted by Crippen LogP contribution is -2.27. The van der Waals surface area contributed by atoms with E-state index in [4.69, 9.17) is 16.3 Å². The molecule has 1 heterocycles. The lowest BCUT2D eigenvalue weighted by molar-refractivity contribution is -0.207. The summed E-state index contributed by atoms with van der Waals surface area (Å²) in [6.45, 7) is 7.92.